The Morgan fingerprint density at radius 3 is 2.56 bits per heavy atom. The lowest BCUT2D eigenvalue weighted by Crippen LogP contribution is -2.19. The van der Waals surface area contributed by atoms with Crippen molar-refractivity contribution in [3.8, 4) is 0 Å². The standard InChI is InChI=1S/C11H13FN2O3S/c1-11(2,3)18(17)13-7-8-6-9(14(15)16)4-5-10(8)12/h4-7H,1-3H3. The molecule has 0 spiro atoms. The number of non-ortho nitro benzene ring substituents is 1. The highest BCUT2D eigenvalue weighted by molar-refractivity contribution is 7.85. The molecule has 5 nitrogen and oxygen atoms in total. The topological polar surface area (TPSA) is 72.6 Å². The molecule has 0 amide bonds. The highest BCUT2D eigenvalue weighted by Gasteiger charge is 2.18. The molecule has 0 aromatic heterocycles. The van der Waals surface area contributed by atoms with Crippen LogP contribution in [0, 0.1) is 15.9 Å². The van der Waals surface area contributed by atoms with Crippen LogP contribution < -0.4 is 0 Å². The van der Waals surface area contributed by atoms with Crippen LogP contribution in [0.4, 0.5) is 10.1 Å². The highest BCUT2D eigenvalue weighted by atomic mass is 32.2. The fourth-order valence-corrected chi connectivity index (χ4v) is 1.53. The molecule has 0 aliphatic carbocycles. The predicted molar refractivity (Wildman–Crippen MR) is 68.5 cm³/mol. The van der Waals surface area contributed by atoms with Gasteiger partial charge in [0.15, 0.2) is 0 Å². The van der Waals surface area contributed by atoms with Gasteiger partial charge in [-0.2, -0.15) is 4.40 Å². The predicted octanol–water partition coefficient (Wildman–Crippen LogP) is 2.62. The molecule has 1 atom stereocenters. The third kappa shape index (κ3) is 3.69. The average Bonchev–Trinajstić information content (AvgIpc) is 2.25. The van der Waals surface area contributed by atoms with Gasteiger partial charge in [0.2, 0.25) is 0 Å². The van der Waals surface area contributed by atoms with Gasteiger partial charge in [-0.25, -0.2) is 8.60 Å². The van der Waals surface area contributed by atoms with Gasteiger partial charge in [0, 0.05) is 23.9 Å². The van der Waals surface area contributed by atoms with Gasteiger partial charge < -0.3 is 0 Å². The van der Waals surface area contributed by atoms with Crippen LogP contribution in [0.1, 0.15) is 26.3 Å². The fourth-order valence-electron chi connectivity index (χ4n) is 1.01. The van der Waals surface area contributed by atoms with Crippen LogP contribution in [0.15, 0.2) is 22.6 Å². The Morgan fingerprint density at radius 1 is 1.44 bits per heavy atom. The second-order valence-corrected chi connectivity index (χ2v) is 6.49. The Labute approximate surface area is 106 Å². The molecule has 18 heavy (non-hydrogen) atoms. The fraction of sp³-hybridized carbons (Fsp3) is 0.364. The summed E-state index contributed by atoms with van der Waals surface area (Å²) in [4.78, 5) is 9.91. The van der Waals surface area contributed by atoms with Crippen LogP contribution in [-0.2, 0) is 11.0 Å². The van der Waals surface area contributed by atoms with Crippen molar-refractivity contribution in [2.45, 2.75) is 25.5 Å². The maximum atomic E-state index is 13.4. The number of nitro benzene ring substituents is 1. The summed E-state index contributed by atoms with van der Waals surface area (Å²) in [7, 11) is -1.53. The zero-order valence-electron chi connectivity index (χ0n) is 10.2. The lowest BCUT2D eigenvalue weighted by Gasteiger charge is -2.12. The molecule has 0 saturated carbocycles. The summed E-state index contributed by atoms with van der Waals surface area (Å²) in [5.41, 5.74) is -0.291. The van der Waals surface area contributed by atoms with Gasteiger partial charge in [-0.05, 0) is 26.8 Å². The second kappa shape index (κ2) is 5.34. The Balaban J connectivity index is 3.04. The third-order valence-electron chi connectivity index (χ3n) is 2.00. The molecular formula is C11H13FN2O3S. The minimum atomic E-state index is -1.53. The first-order valence-electron chi connectivity index (χ1n) is 5.12. The monoisotopic (exact) mass is 272 g/mol. The summed E-state index contributed by atoms with van der Waals surface area (Å²) >= 11 is 0. The van der Waals surface area contributed by atoms with E-state index in [9.17, 15) is 18.7 Å². The first-order valence-corrected chi connectivity index (χ1v) is 6.22. The summed E-state index contributed by atoms with van der Waals surface area (Å²) in [5, 5.41) is 10.5. The lowest BCUT2D eigenvalue weighted by atomic mass is 10.2. The molecule has 1 aromatic rings. The van der Waals surface area contributed by atoms with E-state index in [0.29, 0.717) is 0 Å². The smallest absolute Gasteiger partial charge is 0.258 e. The van der Waals surface area contributed by atoms with E-state index in [4.69, 9.17) is 0 Å². The first kappa shape index (κ1) is 14.4. The van der Waals surface area contributed by atoms with Gasteiger partial charge in [-0.3, -0.25) is 10.1 Å². The van der Waals surface area contributed by atoms with E-state index in [1.54, 1.807) is 20.8 Å². The zero-order valence-corrected chi connectivity index (χ0v) is 11.0. The zero-order chi connectivity index (χ0) is 13.9. The third-order valence-corrected chi connectivity index (χ3v) is 3.35. The van der Waals surface area contributed by atoms with Crippen molar-refractivity contribution < 1.29 is 13.5 Å². The normalized spacial score (nSPS) is 13.8. The Hall–Kier alpha value is -1.63. The van der Waals surface area contributed by atoms with Crippen LogP contribution in [0.5, 0.6) is 0 Å². The number of hydrogen-bond acceptors (Lipinski definition) is 3. The van der Waals surface area contributed by atoms with Gasteiger partial charge in [0.05, 0.1) is 9.67 Å². The van der Waals surface area contributed by atoms with E-state index < -0.39 is 26.5 Å². The molecule has 98 valence electrons. The molecule has 1 unspecified atom stereocenters. The summed E-state index contributed by atoms with van der Waals surface area (Å²) in [5.74, 6) is -0.643. The Morgan fingerprint density at radius 2 is 2.06 bits per heavy atom. The Bertz CT molecular complexity index is 524. The summed E-state index contributed by atoms with van der Waals surface area (Å²) in [6.45, 7) is 5.18. The minimum absolute atomic E-state index is 0.0539. The summed E-state index contributed by atoms with van der Waals surface area (Å²) in [6.07, 6.45) is 1.06. The molecular weight excluding hydrogens is 259 g/mol. The van der Waals surface area contributed by atoms with E-state index >= 15 is 0 Å². The van der Waals surface area contributed by atoms with Crippen LogP contribution in [0.25, 0.3) is 0 Å². The van der Waals surface area contributed by atoms with E-state index in [1.165, 1.54) is 0 Å². The van der Waals surface area contributed by atoms with E-state index in [2.05, 4.69) is 4.40 Å². The number of hydrogen-bond donors (Lipinski definition) is 0. The van der Waals surface area contributed by atoms with Crippen LogP contribution in [-0.4, -0.2) is 20.1 Å². The number of rotatable bonds is 3. The number of halogens is 1. The quantitative estimate of drug-likeness (QED) is 0.482. The van der Waals surface area contributed by atoms with Crippen LogP contribution in [0.2, 0.25) is 0 Å². The van der Waals surface area contributed by atoms with E-state index in [-0.39, 0.29) is 11.3 Å². The van der Waals surface area contributed by atoms with Crippen molar-refractivity contribution in [1.29, 1.82) is 0 Å². The molecule has 0 N–H and O–H groups in total. The van der Waals surface area contributed by atoms with Crippen molar-refractivity contribution in [3.05, 3.63) is 39.7 Å². The molecule has 0 bridgehead atoms. The Kier molecular flexibility index (Phi) is 4.28. The van der Waals surface area contributed by atoms with Crippen molar-refractivity contribution >= 4 is 22.9 Å². The largest absolute Gasteiger partial charge is 0.270 e. The van der Waals surface area contributed by atoms with E-state index in [1.807, 2.05) is 0 Å². The first-order chi connectivity index (χ1) is 8.21. The van der Waals surface area contributed by atoms with Crippen molar-refractivity contribution in [2.24, 2.45) is 4.40 Å². The molecule has 0 saturated heterocycles. The summed E-state index contributed by atoms with van der Waals surface area (Å²) < 4.78 is 28.1. The average molecular weight is 272 g/mol. The molecule has 0 heterocycles. The molecule has 1 rings (SSSR count). The summed E-state index contributed by atoms with van der Waals surface area (Å²) in [6, 6.07) is 3.10. The molecule has 0 aliphatic rings. The molecule has 0 radical (unpaired) electrons. The van der Waals surface area contributed by atoms with Gasteiger partial charge in [-0.1, -0.05) is 0 Å². The highest BCUT2D eigenvalue weighted by Crippen LogP contribution is 2.17. The van der Waals surface area contributed by atoms with Crippen LogP contribution in [0.3, 0.4) is 0 Å². The number of benzene rings is 1. The molecule has 0 aliphatic heterocycles. The number of nitrogens with zero attached hydrogens (tertiary/aromatic N) is 2. The maximum absolute atomic E-state index is 13.4. The van der Waals surface area contributed by atoms with Crippen molar-refractivity contribution in [1.82, 2.24) is 0 Å². The molecule has 1 aromatic carbocycles. The molecule has 7 heteroatoms. The maximum Gasteiger partial charge on any atom is 0.270 e. The number of nitro groups is 1. The van der Waals surface area contributed by atoms with E-state index in [0.717, 1.165) is 24.4 Å². The molecule has 0 fully saturated rings. The van der Waals surface area contributed by atoms with Crippen molar-refractivity contribution in [3.63, 3.8) is 0 Å². The SMILES string of the molecule is CC(C)(C)S(=O)N=Cc1cc([N+](=O)[O-])ccc1F. The van der Waals surface area contributed by atoms with Crippen LogP contribution >= 0.6 is 0 Å². The lowest BCUT2D eigenvalue weighted by molar-refractivity contribution is -0.384. The minimum Gasteiger partial charge on any atom is -0.258 e. The van der Waals surface area contributed by atoms with Gasteiger partial charge in [0.1, 0.15) is 16.8 Å². The van der Waals surface area contributed by atoms with Crippen molar-refractivity contribution in [2.75, 3.05) is 0 Å². The van der Waals surface area contributed by atoms with Gasteiger partial charge in [-0.15, -0.1) is 0 Å². The second-order valence-electron chi connectivity index (χ2n) is 4.56. The van der Waals surface area contributed by atoms with Gasteiger partial charge in [0.25, 0.3) is 5.69 Å². The van der Waals surface area contributed by atoms with Gasteiger partial charge >= 0.3 is 0 Å².